The molecule has 1 amide bonds. The predicted molar refractivity (Wildman–Crippen MR) is 81.8 cm³/mol. The summed E-state index contributed by atoms with van der Waals surface area (Å²) >= 11 is 0. The van der Waals surface area contributed by atoms with E-state index in [4.69, 9.17) is 0 Å². The number of nitrogens with zero attached hydrogens (tertiary/aromatic N) is 2. The Bertz CT molecular complexity index is 716. The van der Waals surface area contributed by atoms with Crippen LogP contribution in [0.5, 0.6) is 5.75 Å². The highest BCUT2D eigenvalue weighted by atomic mass is 16.3. The number of hydrazone groups is 1. The number of rotatable bonds is 2. The van der Waals surface area contributed by atoms with Crippen LogP contribution in [0.25, 0.3) is 0 Å². The van der Waals surface area contributed by atoms with Crippen LogP contribution in [-0.4, -0.2) is 26.9 Å². The van der Waals surface area contributed by atoms with Gasteiger partial charge in [-0.3, -0.25) is 4.79 Å². The van der Waals surface area contributed by atoms with Gasteiger partial charge in [0.05, 0.1) is 17.0 Å². The molecule has 1 aromatic carbocycles. The zero-order chi connectivity index (χ0) is 15.9. The van der Waals surface area contributed by atoms with E-state index in [1.807, 2.05) is 6.92 Å². The van der Waals surface area contributed by atoms with E-state index < -0.39 is 11.8 Å². The molecular formula is C16H16N2O4. The van der Waals surface area contributed by atoms with Gasteiger partial charge >= 0.3 is 0 Å². The second-order valence-electron chi connectivity index (χ2n) is 5.27. The molecule has 0 saturated carbocycles. The topological polar surface area (TPSA) is 93.4 Å². The molecule has 22 heavy (non-hydrogen) atoms. The number of aliphatic hydroxyl groups excluding tert-OH is 2. The number of allylic oxidation sites excluding steroid dienone is 2. The molecule has 114 valence electrons. The Kier molecular flexibility index (Phi) is 3.36. The van der Waals surface area contributed by atoms with Gasteiger partial charge in [0.25, 0.3) is 5.91 Å². The highest BCUT2D eigenvalue weighted by Crippen LogP contribution is 2.36. The Morgan fingerprint density at radius 3 is 2.55 bits per heavy atom. The molecule has 0 aromatic heterocycles. The second kappa shape index (κ2) is 5.22. The minimum absolute atomic E-state index is 0.0401. The van der Waals surface area contributed by atoms with Crippen LogP contribution in [-0.2, 0) is 4.79 Å². The largest absolute Gasteiger partial charge is 0.512 e. The summed E-state index contributed by atoms with van der Waals surface area (Å²) in [6, 6.07) is 6.10. The molecule has 1 aromatic rings. The molecule has 0 radical (unpaired) electrons. The molecular weight excluding hydrogens is 284 g/mol. The van der Waals surface area contributed by atoms with Gasteiger partial charge in [-0.15, -0.1) is 0 Å². The Labute approximate surface area is 127 Å². The molecule has 3 N–H and O–H groups in total. The summed E-state index contributed by atoms with van der Waals surface area (Å²) in [5, 5.41) is 34.7. The van der Waals surface area contributed by atoms with Crippen LogP contribution in [0.2, 0.25) is 0 Å². The molecule has 1 atom stereocenters. The van der Waals surface area contributed by atoms with Crippen LogP contribution < -0.4 is 5.01 Å². The third kappa shape index (κ3) is 2.22. The number of carbonyl (C=O) groups is 1. The van der Waals surface area contributed by atoms with E-state index in [0.717, 1.165) is 0 Å². The molecule has 6 nitrogen and oxygen atoms in total. The first-order valence-corrected chi connectivity index (χ1v) is 7.04. The first-order chi connectivity index (χ1) is 10.5. The van der Waals surface area contributed by atoms with Gasteiger partial charge < -0.3 is 15.3 Å². The molecule has 6 heteroatoms. The van der Waals surface area contributed by atoms with Crippen molar-refractivity contribution in [2.75, 3.05) is 5.01 Å². The number of hydrogen-bond donors (Lipinski definition) is 3. The molecule has 0 saturated heterocycles. The number of phenols is 1. The summed E-state index contributed by atoms with van der Waals surface area (Å²) < 4.78 is 0. The summed E-state index contributed by atoms with van der Waals surface area (Å²) in [4.78, 5) is 12.7. The van der Waals surface area contributed by atoms with Gasteiger partial charge in [-0.1, -0.05) is 6.92 Å². The van der Waals surface area contributed by atoms with Crippen LogP contribution in [0, 0.1) is 5.92 Å². The number of carbonyl (C=O) groups excluding carboxylic acids is 1. The maximum atomic E-state index is 12.7. The Hall–Kier alpha value is -2.76. The third-order valence-corrected chi connectivity index (χ3v) is 3.85. The maximum absolute atomic E-state index is 12.7. The monoisotopic (exact) mass is 300 g/mol. The van der Waals surface area contributed by atoms with Crippen molar-refractivity contribution in [3.63, 3.8) is 0 Å². The summed E-state index contributed by atoms with van der Waals surface area (Å²) in [7, 11) is 0. The summed E-state index contributed by atoms with van der Waals surface area (Å²) in [5.74, 6) is -0.898. The summed E-state index contributed by atoms with van der Waals surface area (Å²) in [6.45, 7) is 1.91. The van der Waals surface area contributed by atoms with Crippen LogP contribution in [0.15, 0.2) is 52.5 Å². The van der Waals surface area contributed by atoms with Crippen molar-refractivity contribution in [1.82, 2.24) is 0 Å². The van der Waals surface area contributed by atoms with Crippen LogP contribution >= 0.6 is 0 Å². The van der Waals surface area contributed by atoms with Crippen molar-refractivity contribution in [2.45, 2.75) is 19.8 Å². The Morgan fingerprint density at radius 1 is 1.23 bits per heavy atom. The number of fused-ring (bicyclic) bond motifs is 1. The van der Waals surface area contributed by atoms with Crippen molar-refractivity contribution in [3.8, 4) is 5.75 Å². The number of aromatic hydroxyl groups is 1. The second-order valence-corrected chi connectivity index (χ2v) is 5.27. The molecule has 1 heterocycles. The van der Waals surface area contributed by atoms with Crippen molar-refractivity contribution in [2.24, 2.45) is 11.0 Å². The van der Waals surface area contributed by atoms with Gasteiger partial charge in [-0.2, -0.15) is 10.1 Å². The number of benzene rings is 1. The summed E-state index contributed by atoms with van der Waals surface area (Å²) in [5.41, 5.74) is 1.47. The van der Waals surface area contributed by atoms with E-state index in [2.05, 4.69) is 5.10 Å². The van der Waals surface area contributed by atoms with Crippen LogP contribution in [0.1, 0.15) is 19.8 Å². The normalized spacial score (nSPS) is 21.4. The highest BCUT2D eigenvalue weighted by Gasteiger charge is 2.39. The van der Waals surface area contributed by atoms with Gasteiger partial charge in [0, 0.05) is 24.1 Å². The van der Waals surface area contributed by atoms with E-state index in [9.17, 15) is 20.1 Å². The van der Waals surface area contributed by atoms with E-state index in [-0.39, 0.29) is 29.3 Å². The van der Waals surface area contributed by atoms with Gasteiger partial charge in [-0.25, -0.2) is 0 Å². The lowest BCUT2D eigenvalue weighted by atomic mass is 9.83. The average Bonchev–Trinajstić information content (AvgIpc) is 2.48. The van der Waals surface area contributed by atoms with Crippen molar-refractivity contribution >= 4 is 17.3 Å². The molecule has 1 unspecified atom stereocenters. The quantitative estimate of drug-likeness (QED) is 0.783. The number of hydrogen-bond acceptors (Lipinski definition) is 5. The van der Waals surface area contributed by atoms with Gasteiger partial charge in [-0.05, 0) is 30.7 Å². The minimum Gasteiger partial charge on any atom is -0.512 e. The fraction of sp³-hybridized carbons (Fsp3) is 0.250. The van der Waals surface area contributed by atoms with Crippen LogP contribution in [0.4, 0.5) is 5.69 Å². The van der Waals surface area contributed by atoms with Crippen molar-refractivity contribution < 1.29 is 20.1 Å². The van der Waals surface area contributed by atoms with E-state index in [1.54, 1.807) is 12.1 Å². The van der Waals surface area contributed by atoms with Crippen molar-refractivity contribution in [3.05, 3.63) is 47.4 Å². The molecule has 0 spiro atoms. The van der Waals surface area contributed by atoms with Crippen molar-refractivity contribution in [1.29, 1.82) is 0 Å². The predicted octanol–water partition coefficient (Wildman–Crippen LogP) is 2.78. The van der Waals surface area contributed by atoms with Crippen LogP contribution in [0.3, 0.4) is 0 Å². The third-order valence-electron chi connectivity index (χ3n) is 3.85. The molecule has 0 fully saturated rings. The smallest absolute Gasteiger partial charge is 0.279 e. The van der Waals surface area contributed by atoms with Gasteiger partial charge in [0.15, 0.2) is 0 Å². The van der Waals surface area contributed by atoms with E-state index in [1.165, 1.54) is 23.2 Å². The van der Waals surface area contributed by atoms with Gasteiger partial charge in [0.2, 0.25) is 0 Å². The number of aliphatic hydroxyl groups is 2. The number of anilines is 1. The van der Waals surface area contributed by atoms with E-state index in [0.29, 0.717) is 17.8 Å². The molecule has 1 aliphatic carbocycles. The maximum Gasteiger partial charge on any atom is 0.279 e. The number of phenolic OH excluding ortho intramolecular Hbond substituents is 1. The Balaban J connectivity index is 2.11. The molecule has 1 aliphatic heterocycles. The fourth-order valence-corrected chi connectivity index (χ4v) is 2.77. The lowest BCUT2D eigenvalue weighted by Gasteiger charge is -2.33. The number of amides is 1. The zero-order valence-electron chi connectivity index (χ0n) is 12.0. The fourth-order valence-electron chi connectivity index (χ4n) is 2.77. The Morgan fingerprint density at radius 2 is 1.91 bits per heavy atom. The first-order valence-electron chi connectivity index (χ1n) is 7.04. The standard InChI is InChI=1S/C16H16N2O4/c1-2-13-12-7-11(20)8-14(21)15(12)16(22)18(17-13)9-3-5-10(19)6-4-9/h3-6,8,12,19-21H,2,7H2,1H3. The lowest BCUT2D eigenvalue weighted by Crippen LogP contribution is -2.41. The van der Waals surface area contributed by atoms with E-state index >= 15 is 0 Å². The first kappa shape index (κ1) is 14.2. The molecule has 2 aliphatic rings. The SMILES string of the molecule is CCC1=NN(c2ccc(O)cc2)C(=O)C2=C(O)C=C(O)CC12. The lowest BCUT2D eigenvalue weighted by molar-refractivity contribution is -0.116. The molecule has 0 bridgehead atoms. The minimum atomic E-state index is -0.422. The summed E-state index contributed by atoms with van der Waals surface area (Å²) in [6.07, 6.45) is 2.06. The molecule has 3 rings (SSSR count). The zero-order valence-corrected chi connectivity index (χ0v) is 12.0. The average molecular weight is 300 g/mol. The van der Waals surface area contributed by atoms with Gasteiger partial charge in [0.1, 0.15) is 11.5 Å². The highest BCUT2D eigenvalue weighted by molar-refractivity contribution is 6.14.